The van der Waals surface area contributed by atoms with Crippen molar-refractivity contribution >= 4 is 0 Å². The molecule has 76 valence electrons. The van der Waals surface area contributed by atoms with Gasteiger partial charge in [-0.3, -0.25) is 0 Å². The summed E-state index contributed by atoms with van der Waals surface area (Å²) in [7, 11) is 1.99. The van der Waals surface area contributed by atoms with Gasteiger partial charge in [0, 0.05) is 19.7 Å². The largest absolute Gasteiger partial charge is 0.396 e. The zero-order chi connectivity index (χ0) is 10.3. The fourth-order valence-electron chi connectivity index (χ4n) is 1.60. The summed E-state index contributed by atoms with van der Waals surface area (Å²) in [4.78, 5) is 2.04. The van der Waals surface area contributed by atoms with Crippen LogP contribution in [-0.4, -0.2) is 29.7 Å². The Bertz CT molecular complexity index is 156. The van der Waals surface area contributed by atoms with Crippen molar-refractivity contribution < 1.29 is 5.11 Å². The zero-order valence-corrected chi connectivity index (χ0v) is 8.74. The molecule has 0 amide bonds. The Morgan fingerprint density at radius 1 is 1.46 bits per heavy atom. The summed E-state index contributed by atoms with van der Waals surface area (Å²) in [6, 6.07) is 0.287. The van der Waals surface area contributed by atoms with E-state index in [2.05, 4.69) is 20.1 Å². The quantitative estimate of drug-likeness (QED) is 0.610. The van der Waals surface area contributed by atoms with Crippen LogP contribution in [0.2, 0.25) is 0 Å². The highest BCUT2D eigenvalue weighted by atomic mass is 16.3. The van der Waals surface area contributed by atoms with Crippen LogP contribution in [0.15, 0.2) is 25.4 Å². The molecule has 0 fully saturated rings. The van der Waals surface area contributed by atoms with Gasteiger partial charge in [-0.15, -0.1) is 6.58 Å². The fraction of sp³-hybridized carbons (Fsp3) is 0.636. The molecule has 2 nitrogen and oxygen atoms in total. The Morgan fingerprint density at radius 3 is 2.38 bits per heavy atom. The average molecular weight is 183 g/mol. The smallest absolute Gasteiger partial charge is 0.0490 e. The molecule has 2 heteroatoms. The number of aliphatic hydroxyl groups excluding tert-OH is 1. The molecule has 2 atom stereocenters. The van der Waals surface area contributed by atoms with Crippen molar-refractivity contribution in [3.05, 3.63) is 25.4 Å². The average Bonchev–Trinajstić information content (AvgIpc) is 2.17. The molecule has 0 aromatic rings. The molecular formula is C11H21NO. The van der Waals surface area contributed by atoms with E-state index in [1.807, 2.05) is 18.0 Å². The van der Waals surface area contributed by atoms with Gasteiger partial charge in [0.1, 0.15) is 0 Å². The molecule has 0 aliphatic carbocycles. The summed E-state index contributed by atoms with van der Waals surface area (Å²) < 4.78 is 0. The van der Waals surface area contributed by atoms with E-state index in [0.717, 1.165) is 12.8 Å². The molecule has 2 unspecified atom stereocenters. The van der Waals surface area contributed by atoms with Gasteiger partial charge in [0.15, 0.2) is 0 Å². The molecule has 0 heterocycles. The first-order valence-electron chi connectivity index (χ1n) is 4.79. The lowest BCUT2D eigenvalue weighted by atomic mass is 9.93. The fourth-order valence-corrected chi connectivity index (χ4v) is 1.60. The van der Waals surface area contributed by atoms with Gasteiger partial charge in [-0.2, -0.15) is 0 Å². The Morgan fingerprint density at radius 2 is 2.08 bits per heavy atom. The van der Waals surface area contributed by atoms with Gasteiger partial charge in [0.05, 0.1) is 0 Å². The van der Waals surface area contributed by atoms with Crippen LogP contribution in [-0.2, 0) is 0 Å². The minimum absolute atomic E-state index is 0.244. The van der Waals surface area contributed by atoms with Gasteiger partial charge in [0.25, 0.3) is 0 Å². The number of likely N-dealkylation sites (N-methyl/N-ethyl adjacent to an activating group) is 1. The van der Waals surface area contributed by atoms with E-state index in [1.165, 1.54) is 0 Å². The zero-order valence-electron chi connectivity index (χ0n) is 8.74. The van der Waals surface area contributed by atoms with Crippen molar-refractivity contribution in [2.45, 2.75) is 25.8 Å². The molecule has 0 aliphatic rings. The van der Waals surface area contributed by atoms with E-state index in [1.54, 1.807) is 6.20 Å². The Balaban J connectivity index is 4.31. The van der Waals surface area contributed by atoms with Crippen molar-refractivity contribution in [1.29, 1.82) is 0 Å². The third-order valence-corrected chi connectivity index (χ3v) is 2.51. The second-order valence-corrected chi connectivity index (χ2v) is 3.25. The van der Waals surface area contributed by atoms with E-state index in [4.69, 9.17) is 5.11 Å². The summed E-state index contributed by atoms with van der Waals surface area (Å²) in [5.41, 5.74) is 0. The predicted octanol–water partition coefficient (Wildman–Crippen LogP) is 2.02. The topological polar surface area (TPSA) is 23.5 Å². The minimum Gasteiger partial charge on any atom is -0.396 e. The molecule has 1 N–H and O–H groups in total. The number of rotatable bonds is 7. The second kappa shape index (κ2) is 6.72. The van der Waals surface area contributed by atoms with Gasteiger partial charge >= 0.3 is 0 Å². The monoisotopic (exact) mass is 183 g/mol. The molecule has 0 saturated carbocycles. The van der Waals surface area contributed by atoms with E-state index >= 15 is 0 Å². The Labute approximate surface area is 81.6 Å². The van der Waals surface area contributed by atoms with E-state index in [0.29, 0.717) is 5.92 Å². The predicted molar refractivity (Wildman–Crippen MR) is 57.4 cm³/mol. The molecule has 0 rings (SSSR count). The van der Waals surface area contributed by atoms with Crippen LogP contribution in [0.25, 0.3) is 0 Å². The van der Waals surface area contributed by atoms with Crippen molar-refractivity contribution in [2.24, 2.45) is 5.92 Å². The van der Waals surface area contributed by atoms with Crippen LogP contribution in [0.3, 0.4) is 0 Å². The lowest BCUT2D eigenvalue weighted by Gasteiger charge is -2.30. The van der Waals surface area contributed by atoms with Crippen LogP contribution in [0.1, 0.15) is 19.8 Å². The van der Waals surface area contributed by atoms with Crippen LogP contribution in [0.5, 0.6) is 0 Å². The standard InChI is InChI=1S/C11H21NO/c1-5-10(8-9-13)11(6-2)12(4)7-3/h6-7,10-11,13H,2-3,5,8-9H2,1,4H3. The van der Waals surface area contributed by atoms with Crippen LogP contribution >= 0.6 is 0 Å². The van der Waals surface area contributed by atoms with Crippen molar-refractivity contribution in [3.8, 4) is 0 Å². The summed E-state index contributed by atoms with van der Waals surface area (Å²) in [6.45, 7) is 9.91. The first-order valence-corrected chi connectivity index (χ1v) is 4.79. The Hall–Kier alpha value is -0.760. The minimum atomic E-state index is 0.244. The Kier molecular flexibility index (Phi) is 6.33. The van der Waals surface area contributed by atoms with Gasteiger partial charge in [0.2, 0.25) is 0 Å². The van der Waals surface area contributed by atoms with E-state index < -0.39 is 0 Å². The summed E-state index contributed by atoms with van der Waals surface area (Å²) in [6.07, 6.45) is 5.60. The molecule has 0 saturated heterocycles. The maximum absolute atomic E-state index is 8.89. The molecule has 0 aromatic heterocycles. The van der Waals surface area contributed by atoms with Gasteiger partial charge in [-0.05, 0) is 18.5 Å². The highest BCUT2D eigenvalue weighted by Gasteiger charge is 2.18. The molecule has 13 heavy (non-hydrogen) atoms. The van der Waals surface area contributed by atoms with Crippen LogP contribution < -0.4 is 0 Å². The lowest BCUT2D eigenvalue weighted by Crippen LogP contribution is -2.32. The SMILES string of the molecule is C=CC(C(CC)CCO)N(C)C=C. The van der Waals surface area contributed by atoms with E-state index in [-0.39, 0.29) is 12.6 Å². The van der Waals surface area contributed by atoms with Gasteiger partial charge in [-0.1, -0.05) is 26.0 Å². The third-order valence-electron chi connectivity index (χ3n) is 2.51. The van der Waals surface area contributed by atoms with Crippen molar-refractivity contribution in [1.82, 2.24) is 4.90 Å². The third kappa shape index (κ3) is 3.64. The highest BCUT2D eigenvalue weighted by molar-refractivity contribution is 4.94. The first-order chi connectivity index (χ1) is 6.21. The number of hydrogen-bond donors (Lipinski definition) is 1. The summed E-state index contributed by atoms with van der Waals surface area (Å²) in [5.74, 6) is 0.463. The molecular weight excluding hydrogens is 162 g/mol. The summed E-state index contributed by atoms with van der Waals surface area (Å²) in [5, 5.41) is 8.89. The number of aliphatic hydroxyl groups is 1. The van der Waals surface area contributed by atoms with Crippen LogP contribution in [0.4, 0.5) is 0 Å². The lowest BCUT2D eigenvalue weighted by molar-refractivity contribution is 0.204. The molecule has 0 radical (unpaired) electrons. The molecule has 0 aromatic carbocycles. The first kappa shape index (κ1) is 12.2. The normalized spacial score (nSPS) is 14.7. The van der Waals surface area contributed by atoms with Gasteiger partial charge < -0.3 is 10.0 Å². The molecule has 0 aliphatic heterocycles. The van der Waals surface area contributed by atoms with Crippen molar-refractivity contribution in [2.75, 3.05) is 13.7 Å². The van der Waals surface area contributed by atoms with Gasteiger partial charge in [-0.25, -0.2) is 0 Å². The second-order valence-electron chi connectivity index (χ2n) is 3.25. The molecule has 0 bridgehead atoms. The van der Waals surface area contributed by atoms with E-state index in [9.17, 15) is 0 Å². The number of hydrogen-bond acceptors (Lipinski definition) is 2. The summed E-state index contributed by atoms with van der Waals surface area (Å²) >= 11 is 0. The van der Waals surface area contributed by atoms with Crippen molar-refractivity contribution in [3.63, 3.8) is 0 Å². The highest BCUT2D eigenvalue weighted by Crippen LogP contribution is 2.18. The number of nitrogens with zero attached hydrogens (tertiary/aromatic N) is 1. The maximum atomic E-state index is 8.89. The van der Waals surface area contributed by atoms with Crippen LogP contribution in [0, 0.1) is 5.92 Å². The maximum Gasteiger partial charge on any atom is 0.0490 e. The molecule has 0 spiro atoms.